The average molecular weight is 425 g/mol. The summed E-state index contributed by atoms with van der Waals surface area (Å²) in [6.07, 6.45) is 1.05. The van der Waals surface area contributed by atoms with Gasteiger partial charge in [-0.3, -0.25) is 14.4 Å². The van der Waals surface area contributed by atoms with Crippen LogP contribution >= 0.6 is 0 Å². The number of ether oxygens (including phenoxy) is 1. The summed E-state index contributed by atoms with van der Waals surface area (Å²) in [6.45, 7) is 2.93. The minimum Gasteiger partial charge on any atom is -0.481 e. The minimum absolute atomic E-state index is 0.0515. The molecule has 0 aliphatic heterocycles. The van der Waals surface area contributed by atoms with E-state index in [1.165, 1.54) is 0 Å². The number of benzene rings is 2. The molecule has 0 heterocycles. The number of aliphatic carboxylic acids is 2. The Balaban J connectivity index is 1.60. The number of amides is 1. The van der Waals surface area contributed by atoms with Crippen molar-refractivity contribution in [3.05, 3.63) is 60.2 Å². The second-order valence-electron chi connectivity index (χ2n) is 7.88. The Kier molecular flexibility index (Phi) is 7.28. The zero-order valence-corrected chi connectivity index (χ0v) is 17.4. The maximum absolute atomic E-state index is 12.9. The SMILES string of the molecule is CCCN(Cc1ccc(Oc2ccccc2)cc1)C(=O)CC1CC(C(=O)O)C1C(=O)O. The molecule has 164 valence electrons. The van der Waals surface area contributed by atoms with E-state index in [0.29, 0.717) is 18.8 Å². The molecule has 1 saturated carbocycles. The van der Waals surface area contributed by atoms with Crippen molar-refractivity contribution in [3.8, 4) is 11.5 Å². The van der Waals surface area contributed by atoms with E-state index < -0.39 is 29.7 Å². The maximum Gasteiger partial charge on any atom is 0.307 e. The van der Waals surface area contributed by atoms with Gasteiger partial charge in [-0.1, -0.05) is 37.3 Å². The molecule has 3 atom stereocenters. The molecule has 0 bridgehead atoms. The summed E-state index contributed by atoms with van der Waals surface area (Å²) in [5.41, 5.74) is 0.939. The third-order valence-corrected chi connectivity index (χ3v) is 5.66. The van der Waals surface area contributed by atoms with Gasteiger partial charge in [0, 0.05) is 19.5 Å². The van der Waals surface area contributed by atoms with Gasteiger partial charge in [0.05, 0.1) is 11.8 Å². The highest BCUT2D eigenvalue weighted by Crippen LogP contribution is 2.43. The number of carbonyl (C=O) groups excluding carboxylic acids is 1. The Bertz CT molecular complexity index is 911. The van der Waals surface area contributed by atoms with Crippen molar-refractivity contribution in [3.63, 3.8) is 0 Å². The summed E-state index contributed by atoms with van der Waals surface area (Å²) in [4.78, 5) is 37.2. The van der Waals surface area contributed by atoms with Gasteiger partial charge in [-0.15, -0.1) is 0 Å². The largest absolute Gasteiger partial charge is 0.481 e. The van der Waals surface area contributed by atoms with Crippen LogP contribution in [0.4, 0.5) is 0 Å². The van der Waals surface area contributed by atoms with E-state index in [4.69, 9.17) is 9.84 Å². The van der Waals surface area contributed by atoms with Gasteiger partial charge in [0.1, 0.15) is 11.5 Å². The van der Waals surface area contributed by atoms with Crippen LogP contribution in [-0.2, 0) is 20.9 Å². The molecule has 1 aliphatic rings. The number of hydrogen-bond acceptors (Lipinski definition) is 4. The number of para-hydroxylation sites is 1. The van der Waals surface area contributed by atoms with Gasteiger partial charge >= 0.3 is 11.9 Å². The van der Waals surface area contributed by atoms with E-state index in [9.17, 15) is 19.5 Å². The summed E-state index contributed by atoms with van der Waals surface area (Å²) in [5.74, 6) is -3.31. The number of carbonyl (C=O) groups is 3. The molecule has 7 heteroatoms. The van der Waals surface area contributed by atoms with Crippen LogP contribution in [0, 0.1) is 17.8 Å². The van der Waals surface area contributed by atoms with E-state index in [-0.39, 0.29) is 18.7 Å². The molecule has 31 heavy (non-hydrogen) atoms. The maximum atomic E-state index is 12.9. The highest BCUT2D eigenvalue weighted by Gasteiger charge is 2.50. The molecular formula is C24H27NO6. The summed E-state index contributed by atoms with van der Waals surface area (Å²) in [5, 5.41) is 18.5. The summed E-state index contributed by atoms with van der Waals surface area (Å²) < 4.78 is 5.79. The van der Waals surface area contributed by atoms with Gasteiger partial charge in [-0.2, -0.15) is 0 Å². The third kappa shape index (κ3) is 5.63. The van der Waals surface area contributed by atoms with Crippen molar-refractivity contribution >= 4 is 17.8 Å². The van der Waals surface area contributed by atoms with E-state index >= 15 is 0 Å². The second-order valence-corrected chi connectivity index (χ2v) is 7.88. The summed E-state index contributed by atoms with van der Waals surface area (Å²) in [6, 6.07) is 16.9. The highest BCUT2D eigenvalue weighted by atomic mass is 16.5. The Hall–Kier alpha value is -3.35. The molecule has 1 fully saturated rings. The van der Waals surface area contributed by atoms with Crippen LogP contribution in [0.5, 0.6) is 11.5 Å². The molecule has 3 rings (SSSR count). The Morgan fingerprint density at radius 3 is 2.19 bits per heavy atom. The van der Waals surface area contributed by atoms with Crippen LogP contribution in [0.25, 0.3) is 0 Å². The number of hydrogen-bond donors (Lipinski definition) is 2. The van der Waals surface area contributed by atoms with Crippen molar-refractivity contribution < 1.29 is 29.3 Å². The quantitative estimate of drug-likeness (QED) is 0.596. The molecule has 0 radical (unpaired) electrons. The molecule has 3 unspecified atom stereocenters. The van der Waals surface area contributed by atoms with Crippen LogP contribution in [0.1, 0.15) is 31.7 Å². The van der Waals surface area contributed by atoms with Crippen molar-refractivity contribution in [1.29, 1.82) is 0 Å². The molecular weight excluding hydrogens is 398 g/mol. The van der Waals surface area contributed by atoms with Crippen LogP contribution in [-0.4, -0.2) is 39.5 Å². The number of carboxylic acids is 2. The Morgan fingerprint density at radius 2 is 1.61 bits per heavy atom. The first-order valence-electron chi connectivity index (χ1n) is 10.4. The van der Waals surface area contributed by atoms with Gasteiger partial charge in [0.25, 0.3) is 0 Å². The second kappa shape index (κ2) is 10.1. The molecule has 1 aliphatic carbocycles. The number of carboxylic acid groups (broad SMARTS) is 2. The van der Waals surface area contributed by atoms with Crippen molar-refractivity contribution in [2.75, 3.05) is 6.54 Å². The van der Waals surface area contributed by atoms with Gasteiger partial charge in [0.15, 0.2) is 0 Å². The molecule has 0 spiro atoms. The summed E-state index contributed by atoms with van der Waals surface area (Å²) >= 11 is 0. The number of rotatable bonds is 10. The average Bonchev–Trinajstić information content (AvgIpc) is 2.71. The zero-order chi connectivity index (χ0) is 22.4. The summed E-state index contributed by atoms with van der Waals surface area (Å²) in [7, 11) is 0. The van der Waals surface area contributed by atoms with Crippen molar-refractivity contribution in [2.24, 2.45) is 17.8 Å². The fourth-order valence-electron chi connectivity index (χ4n) is 4.01. The van der Waals surface area contributed by atoms with Gasteiger partial charge in [-0.25, -0.2) is 0 Å². The standard InChI is InChI=1S/C24H27NO6/c1-2-12-25(21(26)14-17-13-20(23(27)28)22(17)24(29)30)15-16-8-10-19(11-9-16)31-18-6-4-3-5-7-18/h3-11,17,20,22H,2,12-15H2,1H3,(H,27,28)(H,29,30). The molecule has 0 saturated heterocycles. The fraction of sp³-hybridized carbons (Fsp3) is 0.375. The lowest BCUT2D eigenvalue weighted by atomic mass is 9.63. The van der Waals surface area contributed by atoms with Crippen LogP contribution in [0.2, 0.25) is 0 Å². The van der Waals surface area contributed by atoms with E-state index in [0.717, 1.165) is 17.7 Å². The van der Waals surface area contributed by atoms with Crippen LogP contribution < -0.4 is 4.74 Å². The predicted octanol–water partition coefficient (Wildman–Crippen LogP) is 4.03. The first kappa shape index (κ1) is 22.3. The minimum atomic E-state index is -1.15. The lowest BCUT2D eigenvalue weighted by Gasteiger charge is -2.40. The van der Waals surface area contributed by atoms with E-state index in [2.05, 4.69) is 0 Å². The lowest BCUT2D eigenvalue weighted by Crippen LogP contribution is -2.48. The monoisotopic (exact) mass is 425 g/mol. The molecule has 1 amide bonds. The lowest BCUT2D eigenvalue weighted by molar-refractivity contribution is -0.167. The van der Waals surface area contributed by atoms with Gasteiger partial charge in [-0.05, 0) is 48.6 Å². The topological polar surface area (TPSA) is 104 Å². The molecule has 0 aromatic heterocycles. The Labute approximate surface area is 181 Å². The highest BCUT2D eigenvalue weighted by molar-refractivity contribution is 5.84. The van der Waals surface area contributed by atoms with Crippen LogP contribution in [0.15, 0.2) is 54.6 Å². The fourth-order valence-corrected chi connectivity index (χ4v) is 4.01. The molecule has 7 nitrogen and oxygen atoms in total. The molecule has 2 aromatic rings. The smallest absolute Gasteiger partial charge is 0.307 e. The molecule has 2 aromatic carbocycles. The Morgan fingerprint density at radius 1 is 0.968 bits per heavy atom. The predicted molar refractivity (Wildman–Crippen MR) is 114 cm³/mol. The first-order chi connectivity index (χ1) is 14.9. The first-order valence-corrected chi connectivity index (χ1v) is 10.4. The van der Waals surface area contributed by atoms with Gasteiger partial charge < -0.3 is 19.8 Å². The number of nitrogens with zero attached hydrogens (tertiary/aromatic N) is 1. The van der Waals surface area contributed by atoms with Crippen molar-refractivity contribution in [2.45, 2.75) is 32.7 Å². The third-order valence-electron chi connectivity index (χ3n) is 5.66. The van der Waals surface area contributed by atoms with Gasteiger partial charge in [0.2, 0.25) is 5.91 Å². The molecule has 2 N–H and O–H groups in total. The normalized spacial score (nSPS) is 19.8. The van der Waals surface area contributed by atoms with Crippen LogP contribution in [0.3, 0.4) is 0 Å². The van der Waals surface area contributed by atoms with E-state index in [1.807, 2.05) is 61.5 Å². The van der Waals surface area contributed by atoms with E-state index in [1.54, 1.807) is 4.90 Å². The zero-order valence-electron chi connectivity index (χ0n) is 17.4. The van der Waals surface area contributed by atoms with Crippen molar-refractivity contribution in [1.82, 2.24) is 4.90 Å².